The summed E-state index contributed by atoms with van der Waals surface area (Å²) in [4.78, 5) is 13.9. The Bertz CT molecular complexity index is 302. The number of ether oxygens (including phenoxy) is 1. The Labute approximate surface area is 95.5 Å². The highest BCUT2D eigenvalue weighted by Crippen LogP contribution is 2.34. The van der Waals surface area contributed by atoms with Crippen molar-refractivity contribution >= 4 is 5.91 Å². The topological polar surface area (TPSA) is 75.8 Å². The van der Waals surface area contributed by atoms with Crippen LogP contribution in [0.3, 0.4) is 0 Å². The molecule has 0 saturated carbocycles. The second-order valence-electron chi connectivity index (χ2n) is 5.28. The van der Waals surface area contributed by atoms with E-state index < -0.39 is 11.0 Å². The fourth-order valence-corrected chi connectivity index (χ4v) is 2.30. The highest BCUT2D eigenvalue weighted by atomic mass is 16.5. The Morgan fingerprint density at radius 3 is 2.69 bits per heavy atom. The third kappa shape index (κ3) is 1.63. The summed E-state index contributed by atoms with van der Waals surface area (Å²) in [5.74, 6) is 0.00984. The Morgan fingerprint density at radius 2 is 2.25 bits per heavy atom. The zero-order valence-electron chi connectivity index (χ0n) is 9.90. The summed E-state index contributed by atoms with van der Waals surface area (Å²) in [6, 6.07) is -0.240. The van der Waals surface area contributed by atoms with Gasteiger partial charge in [0.05, 0.1) is 37.3 Å². The fraction of sp³-hybridized carbons (Fsp3) is 0.909. The maximum Gasteiger partial charge on any atom is 0.232 e. The lowest BCUT2D eigenvalue weighted by atomic mass is 9.81. The summed E-state index contributed by atoms with van der Waals surface area (Å²) in [6.45, 7) is 5.43. The maximum atomic E-state index is 12.2. The van der Waals surface area contributed by atoms with Gasteiger partial charge in [-0.2, -0.15) is 0 Å². The highest BCUT2D eigenvalue weighted by molar-refractivity contribution is 5.84. The van der Waals surface area contributed by atoms with Crippen LogP contribution in [0.15, 0.2) is 0 Å². The van der Waals surface area contributed by atoms with Crippen molar-refractivity contribution < 1.29 is 14.6 Å². The molecule has 2 aliphatic heterocycles. The molecule has 16 heavy (non-hydrogen) atoms. The maximum absolute atomic E-state index is 12.2. The third-order valence-corrected chi connectivity index (χ3v) is 3.92. The molecule has 0 spiro atoms. The van der Waals surface area contributed by atoms with Crippen LogP contribution in [-0.2, 0) is 9.53 Å². The van der Waals surface area contributed by atoms with Gasteiger partial charge in [0.25, 0.3) is 0 Å². The standard InChI is InChI=1S/C11H20N2O3/c1-3-11(15)5-13(6-11)9(14)10(2)7-16-4-8(10)12/h8,15H,3-7,12H2,1-2H3. The third-order valence-electron chi connectivity index (χ3n) is 3.92. The Morgan fingerprint density at radius 1 is 1.62 bits per heavy atom. The first kappa shape index (κ1) is 11.8. The summed E-state index contributed by atoms with van der Waals surface area (Å²) in [5.41, 5.74) is 4.59. The van der Waals surface area contributed by atoms with Crippen molar-refractivity contribution in [3.63, 3.8) is 0 Å². The number of amides is 1. The molecule has 2 aliphatic rings. The van der Waals surface area contributed by atoms with E-state index in [1.54, 1.807) is 4.90 Å². The van der Waals surface area contributed by atoms with E-state index in [0.29, 0.717) is 32.7 Å². The first-order valence-corrected chi connectivity index (χ1v) is 5.76. The summed E-state index contributed by atoms with van der Waals surface area (Å²) in [6.07, 6.45) is 0.677. The van der Waals surface area contributed by atoms with Crippen LogP contribution >= 0.6 is 0 Å². The predicted octanol–water partition coefficient (Wildman–Crippen LogP) is -0.666. The number of aliphatic hydroxyl groups is 1. The van der Waals surface area contributed by atoms with Gasteiger partial charge in [-0.1, -0.05) is 6.92 Å². The largest absolute Gasteiger partial charge is 0.386 e. The van der Waals surface area contributed by atoms with Crippen LogP contribution in [0.2, 0.25) is 0 Å². The van der Waals surface area contributed by atoms with Crippen LogP contribution in [-0.4, -0.2) is 53.9 Å². The molecule has 0 aromatic heterocycles. The first-order valence-electron chi connectivity index (χ1n) is 5.76. The number of likely N-dealkylation sites (tertiary alicyclic amines) is 1. The van der Waals surface area contributed by atoms with Gasteiger partial charge >= 0.3 is 0 Å². The van der Waals surface area contributed by atoms with E-state index in [0.717, 1.165) is 0 Å². The zero-order valence-corrected chi connectivity index (χ0v) is 9.90. The average Bonchev–Trinajstić information content (AvgIpc) is 2.55. The molecule has 0 aromatic rings. The molecule has 2 heterocycles. The molecule has 3 N–H and O–H groups in total. The summed E-state index contributed by atoms with van der Waals surface area (Å²) >= 11 is 0. The first-order chi connectivity index (χ1) is 7.41. The molecule has 2 atom stereocenters. The van der Waals surface area contributed by atoms with Crippen molar-refractivity contribution in [3.8, 4) is 0 Å². The van der Waals surface area contributed by atoms with Gasteiger partial charge in [0.2, 0.25) is 5.91 Å². The Kier molecular flexibility index (Phi) is 2.72. The van der Waals surface area contributed by atoms with Crippen LogP contribution in [0.4, 0.5) is 0 Å². The van der Waals surface area contributed by atoms with E-state index in [2.05, 4.69) is 0 Å². The monoisotopic (exact) mass is 228 g/mol. The molecule has 2 unspecified atom stereocenters. The molecule has 5 nitrogen and oxygen atoms in total. The SMILES string of the molecule is CCC1(O)CN(C(=O)C2(C)COCC2N)C1. The van der Waals surface area contributed by atoms with Crippen LogP contribution < -0.4 is 5.73 Å². The predicted molar refractivity (Wildman–Crippen MR) is 58.7 cm³/mol. The number of hydrogen-bond donors (Lipinski definition) is 2. The van der Waals surface area contributed by atoms with Crippen molar-refractivity contribution in [2.24, 2.45) is 11.1 Å². The Balaban J connectivity index is 2.00. The zero-order chi connectivity index (χ0) is 12.0. The minimum absolute atomic E-state index is 0.00984. The van der Waals surface area contributed by atoms with E-state index in [9.17, 15) is 9.90 Å². The molecular formula is C11H20N2O3. The summed E-state index contributed by atoms with van der Waals surface area (Å²) in [5, 5.41) is 9.87. The number of rotatable bonds is 2. The minimum atomic E-state index is -0.685. The van der Waals surface area contributed by atoms with Crippen molar-refractivity contribution in [1.82, 2.24) is 4.90 Å². The van der Waals surface area contributed by atoms with Gasteiger partial charge in [-0.25, -0.2) is 0 Å². The second-order valence-corrected chi connectivity index (χ2v) is 5.28. The molecule has 1 amide bonds. The van der Waals surface area contributed by atoms with E-state index >= 15 is 0 Å². The Hall–Kier alpha value is -0.650. The molecular weight excluding hydrogens is 208 g/mol. The molecule has 92 valence electrons. The highest BCUT2D eigenvalue weighted by Gasteiger charge is 2.51. The lowest BCUT2D eigenvalue weighted by molar-refractivity contribution is -0.165. The van der Waals surface area contributed by atoms with E-state index in [-0.39, 0.29) is 11.9 Å². The average molecular weight is 228 g/mol. The van der Waals surface area contributed by atoms with Crippen LogP contribution in [0, 0.1) is 5.41 Å². The van der Waals surface area contributed by atoms with Gasteiger partial charge in [-0.05, 0) is 13.3 Å². The van der Waals surface area contributed by atoms with Gasteiger partial charge in [0, 0.05) is 6.04 Å². The molecule has 5 heteroatoms. The van der Waals surface area contributed by atoms with Crippen molar-refractivity contribution in [2.45, 2.75) is 31.9 Å². The van der Waals surface area contributed by atoms with Crippen molar-refractivity contribution in [1.29, 1.82) is 0 Å². The van der Waals surface area contributed by atoms with Gasteiger partial charge in [0.15, 0.2) is 0 Å². The molecule has 0 aliphatic carbocycles. The number of hydrogen-bond acceptors (Lipinski definition) is 4. The molecule has 2 saturated heterocycles. The summed E-state index contributed by atoms with van der Waals surface area (Å²) < 4.78 is 5.26. The number of β-amino-alcohol motifs (C(OH)–C–C–N with tert-alkyl or cyclic N) is 1. The normalized spacial score (nSPS) is 37.2. The van der Waals surface area contributed by atoms with E-state index in [4.69, 9.17) is 10.5 Å². The molecule has 0 aromatic carbocycles. The van der Waals surface area contributed by atoms with Gasteiger partial charge in [-0.3, -0.25) is 4.79 Å². The van der Waals surface area contributed by atoms with E-state index in [1.165, 1.54) is 0 Å². The van der Waals surface area contributed by atoms with Crippen molar-refractivity contribution in [2.75, 3.05) is 26.3 Å². The van der Waals surface area contributed by atoms with Crippen molar-refractivity contribution in [3.05, 3.63) is 0 Å². The molecule has 0 bridgehead atoms. The number of nitrogens with zero attached hydrogens (tertiary/aromatic N) is 1. The number of carbonyl (C=O) groups excluding carboxylic acids is 1. The van der Waals surface area contributed by atoms with Gasteiger partial charge in [0.1, 0.15) is 0 Å². The molecule has 0 radical (unpaired) electrons. The quantitative estimate of drug-likeness (QED) is 0.657. The number of carbonyl (C=O) groups is 1. The molecule has 2 rings (SSSR count). The second kappa shape index (κ2) is 3.68. The lowest BCUT2D eigenvalue weighted by Gasteiger charge is -2.48. The van der Waals surface area contributed by atoms with Gasteiger partial charge < -0.3 is 20.5 Å². The summed E-state index contributed by atoms with van der Waals surface area (Å²) in [7, 11) is 0. The van der Waals surface area contributed by atoms with Crippen LogP contribution in [0.25, 0.3) is 0 Å². The lowest BCUT2D eigenvalue weighted by Crippen LogP contribution is -2.67. The van der Waals surface area contributed by atoms with E-state index in [1.807, 2.05) is 13.8 Å². The smallest absolute Gasteiger partial charge is 0.232 e. The number of nitrogens with two attached hydrogens (primary N) is 1. The van der Waals surface area contributed by atoms with Gasteiger partial charge in [-0.15, -0.1) is 0 Å². The van der Waals surface area contributed by atoms with Crippen LogP contribution in [0.1, 0.15) is 20.3 Å². The van der Waals surface area contributed by atoms with Crippen LogP contribution in [0.5, 0.6) is 0 Å². The fourth-order valence-electron chi connectivity index (χ4n) is 2.30. The molecule has 2 fully saturated rings. The minimum Gasteiger partial charge on any atom is -0.386 e.